The number of carbonyl (C=O) groups excluding carboxylic acids is 1. The Morgan fingerprint density at radius 3 is 2.55 bits per heavy atom. The highest BCUT2D eigenvalue weighted by Crippen LogP contribution is 2.13. The molecule has 0 spiro atoms. The summed E-state index contributed by atoms with van der Waals surface area (Å²) in [7, 11) is 0. The fourth-order valence-electron chi connectivity index (χ4n) is 2.04. The maximum absolute atomic E-state index is 13.1. The Kier molecular flexibility index (Phi) is 4.27. The standard InChI is InChI=1S/C15H16F2N2O/c1-3-11-8-12(19(4-2)18-11)9-15(20)10-5-6-13(16)14(17)7-10/h5-8H,3-4,9H2,1-2H3. The summed E-state index contributed by atoms with van der Waals surface area (Å²) in [5.74, 6) is -2.20. The highest BCUT2D eigenvalue weighted by molar-refractivity contribution is 5.97. The van der Waals surface area contributed by atoms with Crippen molar-refractivity contribution in [2.75, 3.05) is 0 Å². The largest absolute Gasteiger partial charge is 0.294 e. The normalized spacial score (nSPS) is 10.8. The van der Waals surface area contributed by atoms with Crippen LogP contribution in [0.25, 0.3) is 0 Å². The van der Waals surface area contributed by atoms with E-state index >= 15 is 0 Å². The molecule has 0 aliphatic heterocycles. The van der Waals surface area contributed by atoms with E-state index in [1.54, 1.807) is 4.68 Å². The van der Waals surface area contributed by atoms with Crippen molar-refractivity contribution in [1.82, 2.24) is 9.78 Å². The molecular weight excluding hydrogens is 262 g/mol. The second-order valence-corrected chi connectivity index (χ2v) is 4.53. The van der Waals surface area contributed by atoms with E-state index in [0.29, 0.717) is 6.54 Å². The van der Waals surface area contributed by atoms with Crippen molar-refractivity contribution in [1.29, 1.82) is 0 Å². The Bertz CT molecular complexity index is 635. The summed E-state index contributed by atoms with van der Waals surface area (Å²) in [6.07, 6.45) is 0.922. The number of hydrogen-bond donors (Lipinski definition) is 0. The van der Waals surface area contributed by atoms with Crippen LogP contribution in [0.1, 0.15) is 35.6 Å². The lowest BCUT2D eigenvalue weighted by Gasteiger charge is -2.04. The van der Waals surface area contributed by atoms with Gasteiger partial charge in [-0.15, -0.1) is 0 Å². The molecule has 20 heavy (non-hydrogen) atoms. The average molecular weight is 278 g/mol. The first kappa shape index (κ1) is 14.4. The van der Waals surface area contributed by atoms with Crippen LogP contribution < -0.4 is 0 Å². The van der Waals surface area contributed by atoms with E-state index in [0.717, 1.165) is 29.9 Å². The number of halogens is 2. The predicted molar refractivity (Wildman–Crippen MR) is 71.7 cm³/mol. The zero-order valence-electron chi connectivity index (χ0n) is 11.5. The van der Waals surface area contributed by atoms with E-state index in [1.165, 1.54) is 6.07 Å². The molecule has 1 aromatic carbocycles. The van der Waals surface area contributed by atoms with Crippen LogP contribution in [-0.4, -0.2) is 15.6 Å². The lowest BCUT2D eigenvalue weighted by atomic mass is 10.1. The molecule has 0 aliphatic rings. The molecule has 2 rings (SSSR count). The van der Waals surface area contributed by atoms with Crippen LogP contribution in [0.3, 0.4) is 0 Å². The Morgan fingerprint density at radius 2 is 1.95 bits per heavy atom. The summed E-state index contributed by atoms with van der Waals surface area (Å²) >= 11 is 0. The Hall–Kier alpha value is -2.04. The summed E-state index contributed by atoms with van der Waals surface area (Å²) in [5.41, 5.74) is 1.88. The van der Waals surface area contributed by atoms with Crippen molar-refractivity contribution in [3.8, 4) is 0 Å². The van der Waals surface area contributed by atoms with Crippen molar-refractivity contribution in [2.45, 2.75) is 33.2 Å². The van der Waals surface area contributed by atoms with Gasteiger partial charge in [-0.2, -0.15) is 5.10 Å². The monoisotopic (exact) mass is 278 g/mol. The fourth-order valence-corrected chi connectivity index (χ4v) is 2.04. The van der Waals surface area contributed by atoms with E-state index < -0.39 is 11.6 Å². The van der Waals surface area contributed by atoms with Gasteiger partial charge < -0.3 is 0 Å². The number of carbonyl (C=O) groups is 1. The van der Waals surface area contributed by atoms with Gasteiger partial charge in [-0.25, -0.2) is 8.78 Å². The molecule has 0 fully saturated rings. The van der Waals surface area contributed by atoms with Gasteiger partial charge >= 0.3 is 0 Å². The second kappa shape index (κ2) is 5.94. The molecular formula is C15H16F2N2O. The summed E-state index contributed by atoms with van der Waals surface area (Å²) < 4.78 is 27.8. The summed E-state index contributed by atoms with van der Waals surface area (Å²) in [5, 5.41) is 4.36. The molecule has 0 N–H and O–H groups in total. The molecule has 1 aromatic heterocycles. The van der Waals surface area contributed by atoms with Gasteiger partial charge in [-0.1, -0.05) is 6.92 Å². The minimum absolute atomic E-state index is 0.131. The van der Waals surface area contributed by atoms with Crippen molar-refractivity contribution < 1.29 is 13.6 Å². The van der Waals surface area contributed by atoms with Crippen LogP contribution in [0.5, 0.6) is 0 Å². The highest BCUT2D eigenvalue weighted by atomic mass is 19.2. The van der Waals surface area contributed by atoms with Gasteiger partial charge in [-0.3, -0.25) is 9.48 Å². The molecule has 106 valence electrons. The number of ketones is 1. The van der Waals surface area contributed by atoms with Gasteiger partial charge in [-0.05, 0) is 37.6 Å². The first-order valence-electron chi connectivity index (χ1n) is 6.59. The van der Waals surface area contributed by atoms with Crippen molar-refractivity contribution >= 4 is 5.78 Å². The first-order chi connectivity index (χ1) is 9.55. The van der Waals surface area contributed by atoms with E-state index in [4.69, 9.17) is 0 Å². The van der Waals surface area contributed by atoms with Crippen LogP contribution in [0.2, 0.25) is 0 Å². The van der Waals surface area contributed by atoms with Crippen LogP contribution >= 0.6 is 0 Å². The third-order valence-corrected chi connectivity index (χ3v) is 3.16. The Balaban J connectivity index is 2.22. The van der Waals surface area contributed by atoms with Crippen molar-refractivity contribution in [3.05, 3.63) is 52.9 Å². The fraction of sp³-hybridized carbons (Fsp3) is 0.333. The van der Waals surface area contributed by atoms with E-state index in [1.807, 2.05) is 19.9 Å². The third-order valence-electron chi connectivity index (χ3n) is 3.16. The molecule has 2 aromatic rings. The van der Waals surface area contributed by atoms with Crippen LogP contribution in [0.15, 0.2) is 24.3 Å². The molecule has 0 unspecified atom stereocenters. The van der Waals surface area contributed by atoms with E-state index in [9.17, 15) is 13.6 Å². The van der Waals surface area contributed by atoms with Crippen molar-refractivity contribution in [3.63, 3.8) is 0 Å². The van der Waals surface area contributed by atoms with Gasteiger partial charge in [0.05, 0.1) is 12.1 Å². The molecule has 0 radical (unpaired) electrons. The van der Waals surface area contributed by atoms with Gasteiger partial charge in [0.1, 0.15) is 0 Å². The number of hydrogen-bond acceptors (Lipinski definition) is 2. The quantitative estimate of drug-likeness (QED) is 0.787. The number of Topliss-reactive ketones (excluding diaryl/α,β-unsaturated/α-hetero) is 1. The SMILES string of the molecule is CCc1cc(CC(=O)c2ccc(F)c(F)c2)n(CC)n1. The van der Waals surface area contributed by atoms with E-state index in [2.05, 4.69) is 5.10 Å². The van der Waals surface area contributed by atoms with Gasteiger partial charge in [0, 0.05) is 17.8 Å². The van der Waals surface area contributed by atoms with Gasteiger partial charge in [0.25, 0.3) is 0 Å². The topological polar surface area (TPSA) is 34.9 Å². The first-order valence-corrected chi connectivity index (χ1v) is 6.59. The molecule has 0 bridgehead atoms. The average Bonchev–Trinajstić information content (AvgIpc) is 2.84. The number of benzene rings is 1. The maximum Gasteiger partial charge on any atom is 0.168 e. The number of rotatable bonds is 5. The van der Waals surface area contributed by atoms with E-state index in [-0.39, 0.29) is 17.8 Å². The predicted octanol–water partition coefficient (Wildman–Crippen LogP) is 3.17. The zero-order chi connectivity index (χ0) is 14.7. The lowest BCUT2D eigenvalue weighted by Crippen LogP contribution is -2.10. The summed E-state index contributed by atoms with van der Waals surface area (Å²) in [6.45, 7) is 4.60. The van der Waals surface area contributed by atoms with Crippen LogP contribution in [0.4, 0.5) is 8.78 Å². The molecule has 0 aliphatic carbocycles. The molecule has 1 heterocycles. The zero-order valence-corrected chi connectivity index (χ0v) is 11.5. The van der Waals surface area contributed by atoms with Crippen LogP contribution in [0, 0.1) is 11.6 Å². The molecule has 3 nitrogen and oxygen atoms in total. The summed E-state index contributed by atoms with van der Waals surface area (Å²) in [6, 6.07) is 5.08. The molecule has 0 saturated carbocycles. The van der Waals surface area contributed by atoms with Gasteiger partial charge in [0.2, 0.25) is 0 Å². The van der Waals surface area contributed by atoms with Crippen molar-refractivity contribution in [2.24, 2.45) is 0 Å². The minimum atomic E-state index is -1.01. The van der Waals surface area contributed by atoms with Gasteiger partial charge in [0.15, 0.2) is 17.4 Å². The molecule has 0 atom stereocenters. The van der Waals surface area contributed by atoms with Crippen LogP contribution in [-0.2, 0) is 19.4 Å². The molecule has 5 heteroatoms. The maximum atomic E-state index is 13.1. The number of nitrogens with zero attached hydrogens (tertiary/aromatic N) is 2. The Morgan fingerprint density at radius 1 is 1.20 bits per heavy atom. The molecule has 0 amide bonds. The smallest absolute Gasteiger partial charge is 0.168 e. The Labute approximate surface area is 116 Å². The minimum Gasteiger partial charge on any atom is -0.294 e. The highest BCUT2D eigenvalue weighted by Gasteiger charge is 2.14. The number of aryl methyl sites for hydroxylation is 2. The lowest BCUT2D eigenvalue weighted by molar-refractivity contribution is 0.0990. The molecule has 0 saturated heterocycles. The second-order valence-electron chi connectivity index (χ2n) is 4.53. The number of aromatic nitrogens is 2. The summed E-state index contributed by atoms with van der Waals surface area (Å²) in [4.78, 5) is 12.1. The third kappa shape index (κ3) is 2.92.